The molecule has 0 aromatic heterocycles. The zero-order valence-electron chi connectivity index (χ0n) is 11.9. The van der Waals surface area contributed by atoms with Crippen molar-refractivity contribution in [3.8, 4) is 5.75 Å². The van der Waals surface area contributed by atoms with Gasteiger partial charge in [0.1, 0.15) is 5.75 Å². The summed E-state index contributed by atoms with van der Waals surface area (Å²) >= 11 is 0. The topological polar surface area (TPSA) is 41.6 Å². The summed E-state index contributed by atoms with van der Waals surface area (Å²) in [4.78, 5) is 14.0. The van der Waals surface area contributed by atoms with Crippen LogP contribution in [0, 0.1) is 12.8 Å². The van der Waals surface area contributed by atoms with E-state index in [4.69, 9.17) is 4.74 Å². The highest BCUT2D eigenvalue weighted by molar-refractivity contribution is 5.94. The highest BCUT2D eigenvalue weighted by Crippen LogP contribution is 2.29. The van der Waals surface area contributed by atoms with Gasteiger partial charge in [0.2, 0.25) is 5.91 Å². The highest BCUT2D eigenvalue weighted by atomic mass is 16.5. The van der Waals surface area contributed by atoms with E-state index in [2.05, 4.69) is 5.32 Å². The first kappa shape index (κ1) is 13.9. The Morgan fingerprint density at radius 2 is 2.32 bits per heavy atom. The van der Waals surface area contributed by atoms with Gasteiger partial charge in [0.05, 0.1) is 12.8 Å². The lowest BCUT2D eigenvalue weighted by Gasteiger charge is -2.22. The molecule has 1 unspecified atom stereocenters. The molecule has 1 aliphatic rings. The predicted octanol–water partition coefficient (Wildman–Crippen LogP) is 1.97. The Bertz CT molecular complexity index is 453. The number of ether oxygens (including phenoxy) is 1. The van der Waals surface area contributed by atoms with Crippen LogP contribution in [-0.2, 0) is 4.79 Å². The molecule has 1 aromatic rings. The minimum Gasteiger partial charge on any atom is -0.495 e. The number of hydrogen-bond donors (Lipinski definition) is 1. The Morgan fingerprint density at radius 3 is 2.95 bits per heavy atom. The first-order valence-electron chi connectivity index (χ1n) is 6.73. The number of aryl methyl sites for hydroxylation is 1. The van der Waals surface area contributed by atoms with Gasteiger partial charge < -0.3 is 15.0 Å². The smallest absolute Gasteiger partial charge is 0.227 e. The molecule has 104 valence electrons. The lowest BCUT2D eigenvalue weighted by molar-refractivity contribution is -0.119. The summed E-state index contributed by atoms with van der Waals surface area (Å²) in [5.74, 6) is 1.36. The molecule has 19 heavy (non-hydrogen) atoms. The molecule has 1 fully saturated rings. The SMILES string of the molecule is COc1ccc(C)cc1N(C)C(=O)CC1CCNC1. The van der Waals surface area contributed by atoms with E-state index in [0.717, 1.165) is 36.5 Å². The van der Waals surface area contributed by atoms with E-state index < -0.39 is 0 Å². The summed E-state index contributed by atoms with van der Waals surface area (Å²) in [6, 6.07) is 5.89. The van der Waals surface area contributed by atoms with Crippen LogP contribution < -0.4 is 15.0 Å². The Hall–Kier alpha value is -1.55. The number of hydrogen-bond acceptors (Lipinski definition) is 3. The minimum atomic E-state index is 0.151. The summed E-state index contributed by atoms with van der Waals surface area (Å²) in [5.41, 5.74) is 1.97. The van der Waals surface area contributed by atoms with Gasteiger partial charge in [-0.25, -0.2) is 0 Å². The van der Waals surface area contributed by atoms with E-state index in [1.54, 1.807) is 12.0 Å². The second-order valence-corrected chi connectivity index (χ2v) is 5.19. The average Bonchev–Trinajstić information content (AvgIpc) is 2.90. The number of methoxy groups -OCH3 is 1. The molecule has 4 heteroatoms. The second kappa shape index (κ2) is 6.06. The standard InChI is InChI=1S/C15H22N2O2/c1-11-4-5-14(19-3)13(8-11)17(2)15(18)9-12-6-7-16-10-12/h4-5,8,12,16H,6-7,9-10H2,1-3H3. The number of carbonyl (C=O) groups excluding carboxylic acids is 1. The van der Waals surface area contributed by atoms with Gasteiger partial charge in [0, 0.05) is 13.5 Å². The first-order valence-corrected chi connectivity index (χ1v) is 6.73. The number of amides is 1. The van der Waals surface area contributed by atoms with Gasteiger partial charge in [-0.15, -0.1) is 0 Å². The number of carbonyl (C=O) groups is 1. The quantitative estimate of drug-likeness (QED) is 0.902. The van der Waals surface area contributed by atoms with Crippen LogP contribution >= 0.6 is 0 Å². The third-order valence-electron chi connectivity index (χ3n) is 3.70. The zero-order chi connectivity index (χ0) is 13.8. The summed E-state index contributed by atoms with van der Waals surface area (Å²) in [6.45, 7) is 3.99. The van der Waals surface area contributed by atoms with Crippen LogP contribution in [0.2, 0.25) is 0 Å². The van der Waals surface area contributed by atoms with E-state index in [9.17, 15) is 4.79 Å². The van der Waals surface area contributed by atoms with Gasteiger partial charge in [-0.1, -0.05) is 6.07 Å². The van der Waals surface area contributed by atoms with E-state index in [-0.39, 0.29) is 5.91 Å². The first-order chi connectivity index (χ1) is 9.11. The predicted molar refractivity (Wildman–Crippen MR) is 76.7 cm³/mol. The molecule has 0 saturated carbocycles. The molecular formula is C15H22N2O2. The van der Waals surface area contributed by atoms with Crippen molar-refractivity contribution in [1.82, 2.24) is 5.32 Å². The number of benzene rings is 1. The van der Waals surface area contributed by atoms with E-state index >= 15 is 0 Å². The number of rotatable bonds is 4. The normalized spacial score (nSPS) is 18.4. The average molecular weight is 262 g/mol. The summed E-state index contributed by atoms with van der Waals surface area (Å²) in [6.07, 6.45) is 1.69. The van der Waals surface area contributed by atoms with Crippen LogP contribution in [0.15, 0.2) is 18.2 Å². The maximum Gasteiger partial charge on any atom is 0.227 e. The van der Waals surface area contributed by atoms with Crippen LogP contribution in [0.3, 0.4) is 0 Å². The van der Waals surface area contributed by atoms with Crippen molar-refractivity contribution in [2.75, 3.05) is 32.1 Å². The van der Waals surface area contributed by atoms with E-state index in [1.807, 2.05) is 32.2 Å². The third-order valence-corrected chi connectivity index (χ3v) is 3.70. The maximum absolute atomic E-state index is 12.3. The highest BCUT2D eigenvalue weighted by Gasteiger charge is 2.22. The van der Waals surface area contributed by atoms with Crippen LogP contribution in [0.1, 0.15) is 18.4 Å². The van der Waals surface area contributed by atoms with Crippen LogP contribution in [0.25, 0.3) is 0 Å². The van der Waals surface area contributed by atoms with Gasteiger partial charge >= 0.3 is 0 Å². The fraction of sp³-hybridized carbons (Fsp3) is 0.533. The van der Waals surface area contributed by atoms with Crippen LogP contribution in [0.5, 0.6) is 5.75 Å². The minimum absolute atomic E-state index is 0.151. The van der Waals surface area contributed by atoms with Crippen molar-refractivity contribution in [2.24, 2.45) is 5.92 Å². The molecule has 0 spiro atoms. The van der Waals surface area contributed by atoms with Gasteiger partial charge in [-0.3, -0.25) is 4.79 Å². The Kier molecular flexibility index (Phi) is 4.43. The molecule has 1 aliphatic heterocycles. The van der Waals surface area contributed by atoms with Crippen LogP contribution in [-0.4, -0.2) is 33.2 Å². The summed E-state index contributed by atoms with van der Waals surface area (Å²) in [5, 5.41) is 3.29. The molecule has 1 aromatic carbocycles. The molecule has 4 nitrogen and oxygen atoms in total. The number of anilines is 1. The molecule has 0 aliphatic carbocycles. The van der Waals surface area contributed by atoms with Gasteiger partial charge in [-0.05, 0) is 50.0 Å². The molecule has 1 saturated heterocycles. The zero-order valence-corrected chi connectivity index (χ0v) is 11.9. The molecular weight excluding hydrogens is 240 g/mol. The van der Waals surface area contributed by atoms with Crippen molar-refractivity contribution < 1.29 is 9.53 Å². The molecule has 1 amide bonds. The number of nitrogens with zero attached hydrogens (tertiary/aromatic N) is 1. The van der Waals surface area contributed by atoms with Crippen molar-refractivity contribution >= 4 is 11.6 Å². The number of nitrogens with one attached hydrogen (secondary N) is 1. The third kappa shape index (κ3) is 3.26. The lowest BCUT2D eigenvalue weighted by Crippen LogP contribution is -2.29. The molecule has 0 bridgehead atoms. The Morgan fingerprint density at radius 1 is 1.53 bits per heavy atom. The van der Waals surface area contributed by atoms with E-state index in [1.165, 1.54) is 0 Å². The largest absolute Gasteiger partial charge is 0.495 e. The molecule has 2 rings (SSSR count). The Labute approximate surface area is 114 Å². The van der Waals surface area contributed by atoms with Crippen molar-refractivity contribution in [1.29, 1.82) is 0 Å². The van der Waals surface area contributed by atoms with Crippen molar-refractivity contribution in [3.63, 3.8) is 0 Å². The summed E-state index contributed by atoms with van der Waals surface area (Å²) < 4.78 is 5.34. The van der Waals surface area contributed by atoms with Crippen molar-refractivity contribution in [2.45, 2.75) is 19.8 Å². The molecule has 1 atom stereocenters. The second-order valence-electron chi connectivity index (χ2n) is 5.19. The van der Waals surface area contributed by atoms with Gasteiger partial charge in [-0.2, -0.15) is 0 Å². The fourth-order valence-electron chi connectivity index (χ4n) is 2.47. The van der Waals surface area contributed by atoms with Crippen LogP contribution in [0.4, 0.5) is 5.69 Å². The fourth-order valence-corrected chi connectivity index (χ4v) is 2.47. The lowest BCUT2D eigenvalue weighted by atomic mass is 10.0. The van der Waals surface area contributed by atoms with Gasteiger partial charge in [0.25, 0.3) is 0 Å². The Balaban J connectivity index is 2.11. The van der Waals surface area contributed by atoms with E-state index in [0.29, 0.717) is 12.3 Å². The van der Waals surface area contributed by atoms with Gasteiger partial charge in [0.15, 0.2) is 0 Å². The summed E-state index contributed by atoms with van der Waals surface area (Å²) in [7, 11) is 3.45. The maximum atomic E-state index is 12.3. The monoisotopic (exact) mass is 262 g/mol. The molecule has 0 radical (unpaired) electrons. The molecule has 1 N–H and O–H groups in total. The van der Waals surface area contributed by atoms with Crippen molar-refractivity contribution in [3.05, 3.63) is 23.8 Å². The molecule has 1 heterocycles.